The lowest BCUT2D eigenvalue weighted by Crippen LogP contribution is -2.37. The van der Waals surface area contributed by atoms with Crippen molar-refractivity contribution in [1.29, 1.82) is 0 Å². The summed E-state index contributed by atoms with van der Waals surface area (Å²) >= 11 is 1.65. The van der Waals surface area contributed by atoms with Gasteiger partial charge >= 0.3 is 12.1 Å². The summed E-state index contributed by atoms with van der Waals surface area (Å²) in [5.41, 5.74) is 2.65. The number of ether oxygens (including phenoxy) is 2. The maximum atomic E-state index is 14.0. The first kappa shape index (κ1) is 36.4. The van der Waals surface area contributed by atoms with Crippen LogP contribution in [-0.4, -0.2) is 93.9 Å². The van der Waals surface area contributed by atoms with E-state index in [0.717, 1.165) is 82.0 Å². The molecule has 0 aromatic carbocycles. The van der Waals surface area contributed by atoms with Gasteiger partial charge in [-0.1, -0.05) is 12.8 Å². The molecule has 52 heavy (non-hydrogen) atoms. The fraction of sp³-hybridized carbons (Fsp3) is 0.568. The Morgan fingerprint density at radius 2 is 1.81 bits per heavy atom. The summed E-state index contributed by atoms with van der Waals surface area (Å²) in [7, 11) is 3.73. The fourth-order valence-electron chi connectivity index (χ4n) is 7.59. The van der Waals surface area contributed by atoms with E-state index in [9.17, 15) is 18.0 Å². The Balaban J connectivity index is 1.18. The van der Waals surface area contributed by atoms with Gasteiger partial charge in [0.05, 0.1) is 42.7 Å². The average Bonchev–Trinajstić information content (AvgIpc) is 3.75. The van der Waals surface area contributed by atoms with Crippen molar-refractivity contribution >= 4 is 40.4 Å². The number of nitrogens with zero attached hydrogens (tertiary/aromatic N) is 7. The molecule has 11 nitrogen and oxygen atoms in total. The molecule has 1 N–H and O–H groups in total. The Morgan fingerprint density at radius 1 is 1.04 bits per heavy atom. The molecule has 15 heteroatoms. The maximum Gasteiger partial charge on any atom is 0.433 e. The first-order valence-corrected chi connectivity index (χ1v) is 19.1. The van der Waals surface area contributed by atoms with Gasteiger partial charge in [-0.15, -0.1) is 11.8 Å². The molecule has 4 aromatic heterocycles. The van der Waals surface area contributed by atoms with Crippen LogP contribution < -0.4 is 9.80 Å². The number of hydrogen-bond acceptors (Lipinski definition) is 11. The summed E-state index contributed by atoms with van der Waals surface area (Å²) in [6, 6.07) is 4.69. The minimum atomic E-state index is -4.58. The molecule has 2 aliphatic carbocycles. The molecule has 0 unspecified atom stereocenters. The zero-order valence-electron chi connectivity index (χ0n) is 29.8. The number of methoxy groups -OCH3 is 1. The first-order valence-electron chi connectivity index (χ1n) is 18.1. The number of H-pyrrole nitrogens is 1. The molecule has 2 saturated carbocycles. The molecule has 3 aliphatic rings. The minimum Gasteiger partial charge on any atom is -0.465 e. The maximum absolute atomic E-state index is 14.0. The number of halogens is 3. The zero-order valence-corrected chi connectivity index (χ0v) is 30.7. The molecule has 1 aliphatic heterocycles. The van der Waals surface area contributed by atoms with Crippen LogP contribution in [0.25, 0.3) is 33.9 Å². The second-order valence-corrected chi connectivity index (χ2v) is 15.6. The molecule has 5 heterocycles. The summed E-state index contributed by atoms with van der Waals surface area (Å²) in [5, 5.41) is 0.388. The predicted octanol–water partition coefficient (Wildman–Crippen LogP) is 7.28. The Labute approximate surface area is 305 Å². The van der Waals surface area contributed by atoms with E-state index in [0.29, 0.717) is 70.4 Å². The van der Waals surface area contributed by atoms with Gasteiger partial charge in [0, 0.05) is 61.6 Å². The number of anilines is 2. The minimum absolute atomic E-state index is 0.0308. The van der Waals surface area contributed by atoms with Gasteiger partial charge in [-0.25, -0.2) is 24.9 Å². The number of alkyl halides is 3. The van der Waals surface area contributed by atoms with Crippen LogP contribution in [0.1, 0.15) is 75.6 Å². The van der Waals surface area contributed by atoms with E-state index in [1.807, 2.05) is 20.0 Å². The van der Waals surface area contributed by atoms with Crippen molar-refractivity contribution in [2.45, 2.75) is 75.6 Å². The third-order valence-corrected chi connectivity index (χ3v) is 11.7. The quantitative estimate of drug-likeness (QED) is 0.139. The standard InChI is InChI=1S/C37H45F3N8O3S/c1-4-51-32(49)20-52-25-9-13-48(14-10-25)31-19-41-28(18-42-31)34-45-33-29(47(2)21-36(22-50-3)11-5-6-12-36)17-27(44-35(33)46-34)24-15-26(23-7-8-23)43-30(16-24)37(38,39)40/h15-19,23,25H,4-14,20-22H2,1-3H3,(H,44,45,46). The number of nitrogens with one attached hydrogen (secondary N) is 1. The molecule has 278 valence electrons. The van der Waals surface area contributed by atoms with Gasteiger partial charge in [-0.05, 0) is 63.6 Å². The zero-order chi connectivity index (χ0) is 36.5. The highest BCUT2D eigenvalue weighted by molar-refractivity contribution is 8.00. The van der Waals surface area contributed by atoms with Crippen LogP contribution in [0.3, 0.4) is 0 Å². The van der Waals surface area contributed by atoms with Crippen molar-refractivity contribution in [2.75, 3.05) is 62.6 Å². The molecule has 0 radical (unpaired) electrons. The topological polar surface area (TPSA) is 122 Å². The molecular weight excluding hydrogens is 694 g/mol. The highest BCUT2D eigenvalue weighted by Gasteiger charge is 2.37. The summed E-state index contributed by atoms with van der Waals surface area (Å²) in [6.45, 7) is 5.15. The number of thioether (sulfide) groups is 1. The SMILES string of the molecule is CCOC(=O)CSC1CCN(c2cnc(-c3nc4nc(-c5cc(C6CC6)nc(C(F)(F)F)c5)cc(N(C)CC5(COC)CCCC5)c4[nH]3)cn2)CC1. The number of imidazole rings is 1. The van der Waals surface area contributed by atoms with Crippen LogP contribution in [-0.2, 0) is 20.4 Å². The third-order valence-electron chi connectivity index (χ3n) is 10.4. The van der Waals surface area contributed by atoms with Crippen LogP contribution in [0, 0.1) is 5.41 Å². The molecule has 0 spiro atoms. The van der Waals surface area contributed by atoms with E-state index in [1.165, 1.54) is 0 Å². The number of rotatable bonds is 13. The van der Waals surface area contributed by atoms with Gasteiger partial charge in [0.15, 0.2) is 11.5 Å². The third kappa shape index (κ3) is 8.14. The predicted molar refractivity (Wildman–Crippen MR) is 195 cm³/mol. The van der Waals surface area contributed by atoms with Crippen LogP contribution in [0.5, 0.6) is 0 Å². The van der Waals surface area contributed by atoms with E-state index in [-0.39, 0.29) is 17.3 Å². The van der Waals surface area contributed by atoms with E-state index < -0.39 is 11.9 Å². The number of aromatic amines is 1. The molecule has 7 rings (SSSR count). The van der Waals surface area contributed by atoms with E-state index >= 15 is 0 Å². The van der Waals surface area contributed by atoms with E-state index in [1.54, 1.807) is 37.3 Å². The average molecular weight is 739 g/mol. The Hall–Kier alpha value is -3.98. The Kier molecular flexibility index (Phi) is 10.6. The van der Waals surface area contributed by atoms with Gasteiger partial charge < -0.3 is 24.3 Å². The van der Waals surface area contributed by atoms with Crippen molar-refractivity contribution < 1.29 is 27.4 Å². The van der Waals surface area contributed by atoms with Crippen molar-refractivity contribution in [1.82, 2.24) is 29.9 Å². The molecule has 0 atom stereocenters. The van der Waals surface area contributed by atoms with Gasteiger partial charge in [-0.3, -0.25) is 4.79 Å². The first-order chi connectivity index (χ1) is 25.0. The van der Waals surface area contributed by atoms with E-state index in [2.05, 4.69) is 19.8 Å². The van der Waals surface area contributed by atoms with Crippen LogP contribution in [0.4, 0.5) is 24.7 Å². The fourth-order valence-corrected chi connectivity index (χ4v) is 8.59. The van der Waals surface area contributed by atoms with Crippen molar-refractivity contribution in [3.8, 4) is 22.8 Å². The highest BCUT2D eigenvalue weighted by Crippen LogP contribution is 2.44. The monoisotopic (exact) mass is 738 g/mol. The Bertz CT molecular complexity index is 1870. The summed E-state index contributed by atoms with van der Waals surface area (Å²) in [6.07, 6.45) is 6.69. The van der Waals surface area contributed by atoms with Crippen molar-refractivity contribution in [2.24, 2.45) is 5.41 Å². The number of carbonyl (C=O) groups excluding carboxylic acids is 1. The number of esters is 1. The second kappa shape index (κ2) is 15.2. The van der Waals surface area contributed by atoms with Crippen LogP contribution >= 0.6 is 11.8 Å². The van der Waals surface area contributed by atoms with Crippen LogP contribution in [0.15, 0.2) is 30.6 Å². The number of aromatic nitrogens is 6. The molecular formula is C37H45F3N8O3S. The van der Waals surface area contributed by atoms with Gasteiger partial charge in [0.2, 0.25) is 0 Å². The van der Waals surface area contributed by atoms with Gasteiger partial charge in [0.1, 0.15) is 22.7 Å². The Morgan fingerprint density at radius 3 is 2.46 bits per heavy atom. The van der Waals surface area contributed by atoms with Crippen molar-refractivity contribution in [3.05, 3.63) is 42.0 Å². The lowest BCUT2D eigenvalue weighted by molar-refractivity contribution is -0.141. The summed E-state index contributed by atoms with van der Waals surface area (Å²) < 4.78 is 52.8. The van der Waals surface area contributed by atoms with Gasteiger partial charge in [-0.2, -0.15) is 13.2 Å². The molecule has 4 aromatic rings. The van der Waals surface area contributed by atoms with Gasteiger partial charge in [0.25, 0.3) is 0 Å². The number of fused-ring (bicyclic) bond motifs is 1. The number of piperidine rings is 1. The number of hydrogen-bond donors (Lipinski definition) is 1. The van der Waals surface area contributed by atoms with E-state index in [4.69, 9.17) is 29.4 Å². The van der Waals surface area contributed by atoms with Crippen LogP contribution in [0.2, 0.25) is 0 Å². The summed E-state index contributed by atoms with van der Waals surface area (Å²) in [4.78, 5) is 42.6. The number of pyridine rings is 2. The molecule has 1 saturated heterocycles. The normalized spacial score (nSPS) is 17.9. The molecule has 3 fully saturated rings. The molecule has 0 amide bonds. The second-order valence-electron chi connectivity index (χ2n) is 14.3. The summed E-state index contributed by atoms with van der Waals surface area (Å²) in [5.74, 6) is 1.46. The lowest BCUT2D eigenvalue weighted by Gasteiger charge is -2.34. The smallest absolute Gasteiger partial charge is 0.433 e. The highest BCUT2D eigenvalue weighted by atomic mass is 32.2. The van der Waals surface area contributed by atoms with Crippen molar-refractivity contribution in [3.63, 3.8) is 0 Å². The molecule has 0 bridgehead atoms. The largest absolute Gasteiger partial charge is 0.465 e. The lowest BCUT2D eigenvalue weighted by atomic mass is 9.86. The number of carbonyl (C=O) groups is 1.